The predicted octanol–water partition coefficient (Wildman–Crippen LogP) is 12.7. The van der Waals surface area contributed by atoms with Crippen LogP contribution in [0.25, 0.3) is 0 Å². The van der Waals surface area contributed by atoms with E-state index in [2.05, 4.69) is 33.0 Å². The van der Waals surface area contributed by atoms with E-state index in [0.717, 1.165) is 43.6 Å². The molecule has 2 unspecified atom stereocenters. The topological polar surface area (TPSA) is 72.5 Å². The molecule has 0 aliphatic rings. The van der Waals surface area contributed by atoms with Crippen LogP contribution in [0.15, 0.2) is 0 Å². The van der Waals surface area contributed by atoms with Crippen LogP contribution in [0, 0.1) is 5.92 Å². The maximum Gasteiger partial charge on any atom is 0.306 e. The molecule has 0 saturated carbocycles. The molecule has 5 nitrogen and oxygen atoms in total. The largest absolute Gasteiger partial charge is 0.466 e. The van der Waals surface area contributed by atoms with Crippen LogP contribution in [-0.4, -0.2) is 42.8 Å². The van der Waals surface area contributed by atoms with E-state index >= 15 is 0 Å². The standard InChI is InChI=1S/C35H69NO3S.2C2H6.CH2O/c1-5-8-10-12-14-15-16-17-18-19-20-21-23-25-29-39-34(37)28-31-40-30-27-32(4)36-35(38)33(7-3)26-24-22-13-11-9-6-2;3*1-2/h32-33H,5-31H2,1-4H3,(H,36,38);2*1-2H3;1H2. The van der Waals surface area contributed by atoms with Crippen molar-refractivity contribution in [2.75, 3.05) is 18.1 Å². The lowest BCUT2D eigenvalue weighted by atomic mass is 9.96. The molecule has 0 fully saturated rings. The molecule has 2 atom stereocenters. The molecule has 0 aliphatic heterocycles. The SMILES string of the molecule is C=O.CC.CC.CCCCCCCCCCCCCCCCOC(=O)CCSCCC(C)NC(=O)C(CC)CCCCCCCC. The minimum atomic E-state index is -0.0657. The molecule has 46 heavy (non-hydrogen) atoms. The lowest BCUT2D eigenvalue weighted by Crippen LogP contribution is -2.37. The number of esters is 1. The van der Waals surface area contributed by atoms with Crippen LogP contribution in [0.1, 0.15) is 209 Å². The summed E-state index contributed by atoms with van der Waals surface area (Å²) in [5.41, 5.74) is 0. The number of unbranched alkanes of at least 4 members (excludes halogenated alkanes) is 18. The monoisotopic (exact) mass is 674 g/mol. The first-order valence-electron chi connectivity index (χ1n) is 19.9. The molecule has 0 rings (SSSR count). The van der Waals surface area contributed by atoms with Gasteiger partial charge in [-0.3, -0.25) is 9.59 Å². The molecule has 0 aromatic heterocycles. The van der Waals surface area contributed by atoms with Crippen molar-refractivity contribution in [2.45, 2.75) is 216 Å². The second-order valence-corrected chi connectivity index (χ2v) is 13.3. The molecule has 6 heteroatoms. The normalized spacial score (nSPS) is 11.5. The van der Waals surface area contributed by atoms with Gasteiger partial charge in [-0.2, -0.15) is 11.8 Å². The van der Waals surface area contributed by atoms with E-state index in [0.29, 0.717) is 13.0 Å². The minimum absolute atomic E-state index is 0.0657. The Labute approximate surface area is 293 Å². The van der Waals surface area contributed by atoms with Crippen molar-refractivity contribution in [2.24, 2.45) is 5.92 Å². The highest BCUT2D eigenvalue weighted by Gasteiger charge is 2.17. The summed E-state index contributed by atoms with van der Waals surface area (Å²) in [5, 5.41) is 3.22. The van der Waals surface area contributed by atoms with Crippen LogP contribution in [-0.2, 0) is 19.1 Å². The first-order chi connectivity index (χ1) is 22.5. The Morgan fingerprint density at radius 2 is 1.02 bits per heavy atom. The molecule has 0 spiro atoms. The van der Waals surface area contributed by atoms with Gasteiger partial charge in [0.1, 0.15) is 6.79 Å². The molecule has 0 aliphatic carbocycles. The highest BCUT2D eigenvalue weighted by Crippen LogP contribution is 2.17. The third-order valence-corrected chi connectivity index (χ3v) is 9.08. The quantitative estimate of drug-likeness (QED) is 0.0585. The molecule has 0 aromatic rings. The zero-order valence-electron chi connectivity index (χ0n) is 32.5. The maximum absolute atomic E-state index is 12.6. The van der Waals surface area contributed by atoms with Crippen molar-refractivity contribution in [1.82, 2.24) is 5.32 Å². The van der Waals surface area contributed by atoms with Gasteiger partial charge in [0.15, 0.2) is 0 Å². The number of nitrogens with one attached hydrogen (secondary N) is 1. The maximum atomic E-state index is 12.6. The zero-order valence-corrected chi connectivity index (χ0v) is 33.3. The van der Waals surface area contributed by atoms with Gasteiger partial charge in [0, 0.05) is 17.7 Å². The predicted molar refractivity (Wildman–Crippen MR) is 207 cm³/mol. The highest BCUT2D eigenvalue weighted by atomic mass is 32.2. The molecule has 0 radical (unpaired) electrons. The van der Waals surface area contributed by atoms with Gasteiger partial charge in [0.05, 0.1) is 13.0 Å². The van der Waals surface area contributed by atoms with E-state index < -0.39 is 0 Å². The second kappa shape index (κ2) is 48.4. The summed E-state index contributed by atoms with van der Waals surface area (Å²) in [6.07, 6.45) is 29.7. The number of thioether (sulfide) groups is 1. The summed E-state index contributed by atoms with van der Waals surface area (Å²) >= 11 is 1.79. The van der Waals surface area contributed by atoms with Gasteiger partial charge in [-0.1, -0.05) is 170 Å². The number of amides is 1. The van der Waals surface area contributed by atoms with Crippen LogP contribution in [0.5, 0.6) is 0 Å². The first-order valence-corrected chi connectivity index (χ1v) is 21.0. The lowest BCUT2D eigenvalue weighted by Gasteiger charge is -2.19. The van der Waals surface area contributed by atoms with E-state index in [-0.39, 0.29) is 23.8 Å². The molecular weight excluding hydrogens is 591 g/mol. The van der Waals surface area contributed by atoms with Crippen molar-refractivity contribution < 1.29 is 19.1 Å². The zero-order chi connectivity index (χ0) is 35.5. The molecule has 1 amide bonds. The van der Waals surface area contributed by atoms with Gasteiger partial charge in [-0.15, -0.1) is 0 Å². The van der Waals surface area contributed by atoms with Crippen LogP contribution < -0.4 is 5.32 Å². The van der Waals surface area contributed by atoms with E-state index in [1.54, 1.807) is 11.8 Å². The third-order valence-electron chi connectivity index (χ3n) is 8.07. The van der Waals surface area contributed by atoms with Crippen molar-refractivity contribution >= 4 is 30.4 Å². The number of carbonyl (C=O) groups excluding carboxylic acids is 3. The van der Waals surface area contributed by atoms with Gasteiger partial charge >= 0.3 is 5.97 Å². The lowest BCUT2D eigenvalue weighted by molar-refractivity contribution is -0.143. The molecular formula is C40H83NO4S. The molecule has 0 heterocycles. The summed E-state index contributed by atoms with van der Waals surface area (Å²) in [6.45, 7) is 19.3. The average Bonchev–Trinajstić information content (AvgIpc) is 3.08. The fraction of sp³-hybridized carbons (Fsp3) is 0.925. The number of carbonyl (C=O) groups is 3. The number of ether oxygens (including phenoxy) is 1. The van der Waals surface area contributed by atoms with Crippen molar-refractivity contribution in [3.63, 3.8) is 0 Å². The minimum Gasteiger partial charge on any atom is -0.466 e. The Hall–Kier alpha value is -1.04. The molecule has 0 bridgehead atoms. The first kappa shape index (κ1) is 51.8. The number of rotatable bonds is 31. The van der Waals surface area contributed by atoms with E-state index in [1.165, 1.54) is 116 Å². The number of hydrogen-bond donors (Lipinski definition) is 1. The van der Waals surface area contributed by atoms with E-state index in [9.17, 15) is 9.59 Å². The fourth-order valence-electron chi connectivity index (χ4n) is 5.20. The highest BCUT2D eigenvalue weighted by molar-refractivity contribution is 7.99. The van der Waals surface area contributed by atoms with Crippen molar-refractivity contribution in [3.8, 4) is 0 Å². The summed E-state index contributed by atoms with van der Waals surface area (Å²) in [7, 11) is 0. The molecule has 278 valence electrons. The average molecular weight is 674 g/mol. The van der Waals surface area contributed by atoms with E-state index in [4.69, 9.17) is 9.53 Å². The van der Waals surface area contributed by atoms with Crippen molar-refractivity contribution in [3.05, 3.63) is 0 Å². The van der Waals surface area contributed by atoms with Crippen LogP contribution in [0.4, 0.5) is 0 Å². The Kier molecular flexibility index (Phi) is 54.4. The van der Waals surface area contributed by atoms with Gasteiger partial charge in [-0.05, 0) is 38.4 Å². The van der Waals surface area contributed by atoms with Crippen LogP contribution in [0.2, 0.25) is 0 Å². The van der Waals surface area contributed by atoms with Gasteiger partial charge < -0.3 is 14.8 Å². The molecule has 0 saturated heterocycles. The Morgan fingerprint density at radius 1 is 0.609 bits per heavy atom. The molecule has 1 N–H and O–H groups in total. The van der Waals surface area contributed by atoms with Crippen LogP contribution in [0.3, 0.4) is 0 Å². The van der Waals surface area contributed by atoms with Gasteiger partial charge in [0.2, 0.25) is 5.91 Å². The summed E-state index contributed by atoms with van der Waals surface area (Å²) in [4.78, 5) is 32.6. The summed E-state index contributed by atoms with van der Waals surface area (Å²) in [5.74, 6) is 2.07. The smallest absolute Gasteiger partial charge is 0.306 e. The van der Waals surface area contributed by atoms with Crippen LogP contribution >= 0.6 is 11.8 Å². The second-order valence-electron chi connectivity index (χ2n) is 12.0. The Bertz CT molecular complexity index is 575. The molecule has 0 aromatic carbocycles. The van der Waals surface area contributed by atoms with Gasteiger partial charge in [-0.25, -0.2) is 0 Å². The Morgan fingerprint density at radius 3 is 1.46 bits per heavy atom. The number of hydrogen-bond acceptors (Lipinski definition) is 5. The summed E-state index contributed by atoms with van der Waals surface area (Å²) in [6, 6.07) is 0.186. The Balaban J connectivity index is -0.00000138. The van der Waals surface area contributed by atoms with Gasteiger partial charge in [0.25, 0.3) is 0 Å². The van der Waals surface area contributed by atoms with Crippen molar-refractivity contribution in [1.29, 1.82) is 0 Å². The fourth-order valence-corrected chi connectivity index (χ4v) is 6.23. The summed E-state index contributed by atoms with van der Waals surface area (Å²) < 4.78 is 5.42. The van der Waals surface area contributed by atoms with E-state index in [1.807, 2.05) is 34.5 Å². The third kappa shape index (κ3) is 43.0.